The van der Waals surface area contributed by atoms with E-state index in [9.17, 15) is 4.79 Å². The third-order valence-corrected chi connectivity index (χ3v) is 4.63. The molecule has 0 aliphatic carbocycles. The highest BCUT2D eigenvalue weighted by Crippen LogP contribution is 2.28. The lowest BCUT2D eigenvalue weighted by molar-refractivity contribution is 0.0969. The Balaban J connectivity index is 1.50. The van der Waals surface area contributed by atoms with Gasteiger partial charge in [0.25, 0.3) is 5.91 Å². The minimum Gasteiger partial charge on any atom is -0.325 e. The normalized spacial score (nSPS) is 12.4. The summed E-state index contributed by atoms with van der Waals surface area (Å²) < 4.78 is 0. The summed E-state index contributed by atoms with van der Waals surface area (Å²) in [6.45, 7) is 2.05. The van der Waals surface area contributed by atoms with Crippen molar-refractivity contribution in [3.63, 3.8) is 0 Å². The van der Waals surface area contributed by atoms with Crippen LogP contribution in [0.2, 0.25) is 0 Å². The molecule has 1 aliphatic rings. The van der Waals surface area contributed by atoms with E-state index in [2.05, 4.69) is 41.7 Å². The molecule has 143 valence electrons. The zero-order valence-corrected chi connectivity index (χ0v) is 15.5. The van der Waals surface area contributed by atoms with Crippen LogP contribution in [0.3, 0.4) is 0 Å². The average Bonchev–Trinajstić information content (AvgIpc) is 3.34. The molecule has 2 aromatic heterocycles. The number of anilines is 5. The quantitative estimate of drug-likeness (QED) is 0.415. The van der Waals surface area contributed by atoms with Gasteiger partial charge in [-0.15, -0.1) is 5.43 Å². The molecule has 1 amide bonds. The molecule has 1 aliphatic heterocycles. The number of aryl methyl sites for hydroxylation is 1. The van der Waals surface area contributed by atoms with Crippen molar-refractivity contribution >= 4 is 45.8 Å². The molecule has 4 aromatic rings. The molecule has 0 saturated heterocycles. The van der Waals surface area contributed by atoms with Gasteiger partial charge in [0.05, 0.1) is 22.5 Å². The van der Waals surface area contributed by atoms with Crippen molar-refractivity contribution in [1.29, 1.82) is 0 Å². The standard InChI is InChI=1S/C20H17N8O/c1-2-11-10-17(27-25-11)23-18-13-5-3-4-6-15(13)22-20(24-18)21-12-7-8-14-16(9-12)26-28-19(14)29/h3-10,26H,2H2,1H3,(H3,21,22,23,24,25,27). The number of hydrogen-bond acceptors (Lipinski definition) is 7. The molecule has 0 saturated carbocycles. The second-order valence-electron chi connectivity index (χ2n) is 6.58. The first-order valence-electron chi connectivity index (χ1n) is 9.20. The van der Waals surface area contributed by atoms with E-state index in [1.54, 1.807) is 18.2 Å². The molecule has 0 spiro atoms. The Labute approximate surface area is 165 Å². The molecule has 0 fully saturated rings. The van der Waals surface area contributed by atoms with Crippen LogP contribution in [-0.2, 0) is 6.42 Å². The number of aromatic nitrogens is 4. The van der Waals surface area contributed by atoms with Crippen molar-refractivity contribution in [2.75, 3.05) is 16.1 Å². The molecule has 1 radical (unpaired) electrons. The highest BCUT2D eigenvalue weighted by Gasteiger charge is 2.20. The topological polar surface area (TPSA) is 122 Å². The van der Waals surface area contributed by atoms with Crippen LogP contribution in [0, 0.1) is 0 Å². The van der Waals surface area contributed by atoms with Crippen LogP contribution in [0.25, 0.3) is 10.9 Å². The number of amides is 1. The number of carbonyl (C=O) groups is 1. The van der Waals surface area contributed by atoms with E-state index in [0.29, 0.717) is 23.0 Å². The molecule has 9 nitrogen and oxygen atoms in total. The second kappa shape index (κ2) is 6.79. The number of H-pyrrole nitrogens is 1. The van der Waals surface area contributed by atoms with E-state index in [-0.39, 0.29) is 5.91 Å². The molecular weight excluding hydrogens is 368 g/mol. The van der Waals surface area contributed by atoms with E-state index in [0.717, 1.165) is 34.5 Å². The maximum atomic E-state index is 11.6. The van der Waals surface area contributed by atoms with E-state index < -0.39 is 0 Å². The number of aromatic amines is 1. The fourth-order valence-electron chi connectivity index (χ4n) is 3.17. The number of benzene rings is 2. The van der Waals surface area contributed by atoms with Gasteiger partial charge >= 0.3 is 0 Å². The fourth-order valence-corrected chi connectivity index (χ4v) is 3.17. The highest BCUT2D eigenvalue weighted by atomic mass is 16.2. The maximum Gasteiger partial charge on any atom is 0.295 e. The number of nitrogens with zero attached hydrogens (tertiary/aromatic N) is 4. The second-order valence-corrected chi connectivity index (χ2v) is 6.58. The van der Waals surface area contributed by atoms with Crippen molar-refractivity contribution in [1.82, 2.24) is 25.6 Å². The molecule has 0 unspecified atom stereocenters. The van der Waals surface area contributed by atoms with Gasteiger partial charge in [-0.1, -0.05) is 19.1 Å². The Hall–Kier alpha value is -4.14. The number of fused-ring (bicyclic) bond motifs is 2. The summed E-state index contributed by atoms with van der Waals surface area (Å²) in [6.07, 6.45) is 0.844. The van der Waals surface area contributed by atoms with Gasteiger partial charge < -0.3 is 10.6 Å². The molecule has 0 bridgehead atoms. The number of para-hydroxylation sites is 1. The van der Waals surface area contributed by atoms with Gasteiger partial charge in [-0.05, 0) is 36.8 Å². The van der Waals surface area contributed by atoms with Crippen molar-refractivity contribution in [3.05, 3.63) is 59.8 Å². The first-order valence-corrected chi connectivity index (χ1v) is 9.20. The highest BCUT2D eigenvalue weighted by molar-refractivity contribution is 6.04. The SMILES string of the molecule is CCc1cc(Nc2nc(Nc3ccc4c(c3)N[N]C4=O)nc3ccccc23)[nH]n1. The van der Waals surface area contributed by atoms with Gasteiger partial charge in [0, 0.05) is 17.1 Å². The third-order valence-electron chi connectivity index (χ3n) is 4.63. The lowest BCUT2D eigenvalue weighted by atomic mass is 10.1. The van der Waals surface area contributed by atoms with Crippen molar-refractivity contribution in [3.8, 4) is 0 Å². The number of hydrogen-bond donors (Lipinski definition) is 4. The minimum absolute atomic E-state index is 0.272. The molecule has 4 N–H and O–H groups in total. The van der Waals surface area contributed by atoms with Gasteiger partial charge in [-0.2, -0.15) is 10.1 Å². The fraction of sp³-hybridized carbons (Fsp3) is 0.100. The molecule has 9 heteroatoms. The van der Waals surface area contributed by atoms with Gasteiger partial charge in [0.1, 0.15) is 11.6 Å². The van der Waals surface area contributed by atoms with Crippen molar-refractivity contribution < 1.29 is 4.79 Å². The van der Waals surface area contributed by atoms with Gasteiger partial charge in [0.15, 0.2) is 0 Å². The van der Waals surface area contributed by atoms with Gasteiger partial charge in [-0.25, -0.2) is 4.98 Å². The minimum atomic E-state index is -0.272. The Morgan fingerprint density at radius 1 is 1.03 bits per heavy atom. The number of rotatable bonds is 5. The smallest absolute Gasteiger partial charge is 0.295 e. The van der Waals surface area contributed by atoms with Crippen LogP contribution in [0.1, 0.15) is 23.0 Å². The Bertz CT molecular complexity index is 1230. The van der Waals surface area contributed by atoms with E-state index >= 15 is 0 Å². The predicted octanol–water partition coefficient (Wildman–Crippen LogP) is 3.49. The number of carbonyl (C=O) groups excluding carboxylic acids is 1. The molecule has 2 aromatic carbocycles. The van der Waals surface area contributed by atoms with Crippen LogP contribution >= 0.6 is 0 Å². The van der Waals surface area contributed by atoms with Crippen LogP contribution in [0.5, 0.6) is 0 Å². The molecule has 3 heterocycles. The zero-order chi connectivity index (χ0) is 19.8. The number of nitrogens with one attached hydrogen (secondary N) is 4. The van der Waals surface area contributed by atoms with Crippen molar-refractivity contribution in [2.24, 2.45) is 0 Å². The Morgan fingerprint density at radius 2 is 1.93 bits per heavy atom. The van der Waals surface area contributed by atoms with Crippen molar-refractivity contribution in [2.45, 2.75) is 13.3 Å². The maximum absolute atomic E-state index is 11.6. The van der Waals surface area contributed by atoms with E-state index in [1.807, 2.05) is 37.3 Å². The van der Waals surface area contributed by atoms with Crippen LogP contribution < -0.4 is 21.5 Å². The first-order chi connectivity index (χ1) is 14.2. The molecular formula is C20H17N8O. The predicted molar refractivity (Wildman–Crippen MR) is 111 cm³/mol. The summed E-state index contributed by atoms with van der Waals surface area (Å²) in [4.78, 5) is 20.9. The molecule has 0 atom stereocenters. The molecule has 5 rings (SSSR count). The summed E-state index contributed by atoms with van der Waals surface area (Å²) in [5, 5.41) is 14.6. The van der Waals surface area contributed by atoms with Crippen LogP contribution in [0.4, 0.5) is 29.0 Å². The van der Waals surface area contributed by atoms with E-state index in [1.165, 1.54) is 0 Å². The van der Waals surface area contributed by atoms with Gasteiger partial charge in [0.2, 0.25) is 5.95 Å². The zero-order valence-electron chi connectivity index (χ0n) is 15.5. The summed E-state index contributed by atoms with van der Waals surface area (Å²) in [5.74, 6) is 1.58. The lowest BCUT2D eigenvalue weighted by Gasteiger charge is -2.11. The first kappa shape index (κ1) is 17.0. The summed E-state index contributed by atoms with van der Waals surface area (Å²) >= 11 is 0. The third kappa shape index (κ3) is 3.18. The largest absolute Gasteiger partial charge is 0.325 e. The average molecular weight is 385 g/mol. The monoisotopic (exact) mass is 385 g/mol. The van der Waals surface area contributed by atoms with E-state index in [4.69, 9.17) is 0 Å². The lowest BCUT2D eigenvalue weighted by Crippen LogP contribution is -2.10. The summed E-state index contributed by atoms with van der Waals surface area (Å²) in [7, 11) is 0. The molecule has 29 heavy (non-hydrogen) atoms. The summed E-state index contributed by atoms with van der Waals surface area (Å²) in [5.41, 5.74) is 10.1. The Kier molecular flexibility index (Phi) is 3.98. The van der Waals surface area contributed by atoms with Gasteiger partial charge in [-0.3, -0.25) is 15.3 Å². The Morgan fingerprint density at radius 3 is 2.79 bits per heavy atom. The van der Waals surface area contributed by atoms with Crippen LogP contribution in [-0.4, -0.2) is 26.1 Å². The summed E-state index contributed by atoms with van der Waals surface area (Å²) in [6, 6.07) is 15.1. The van der Waals surface area contributed by atoms with Crippen LogP contribution in [0.15, 0.2) is 48.5 Å².